The molecule has 0 spiro atoms. The smallest absolute Gasteiger partial charge is 0.334 e. The molecule has 164 valence electrons. The highest BCUT2D eigenvalue weighted by molar-refractivity contribution is 8.04. The third kappa shape index (κ3) is 4.24. The Bertz CT molecular complexity index is 800. The first-order chi connectivity index (χ1) is 14.5. The number of hydrogen-bond donors (Lipinski definition) is 3. The van der Waals surface area contributed by atoms with Crippen LogP contribution in [0.3, 0.4) is 0 Å². The van der Waals surface area contributed by atoms with Gasteiger partial charge in [0.2, 0.25) is 0 Å². The van der Waals surface area contributed by atoms with E-state index in [2.05, 4.69) is 10.2 Å². The Kier molecular flexibility index (Phi) is 6.41. The molecule has 3 heterocycles. The van der Waals surface area contributed by atoms with Crippen molar-refractivity contribution in [3.05, 3.63) is 21.7 Å². The maximum atomic E-state index is 12.1. The number of aliphatic carboxylic acids is 1. The lowest BCUT2D eigenvalue weighted by molar-refractivity contribution is -0.137. The Morgan fingerprint density at radius 1 is 1.13 bits per heavy atom. The number of carbonyl (C=O) groups excluding carboxylic acids is 2. The van der Waals surface area contributed by atoms with Crippen LogP contribution >= 0.6 is 11.8 Å². The van der Waals surface area contributed by atoms with Crippen LogP contribution in [-0.4, -0.2) is 46.3 Å². The number of amides is 2. The van der Waals surface area contributed by atoms with Crippen molar-refractivity contribution in [1.82, 2.24) is 10.2 Å². The molecule has 7 nitrogen and oxygen atoms in total. The fourth-order valence-corrected chi connectivity index (χ4v) is 7.08. The van der Waals surface area contributed by atoms with Crippen LogP contribution in [0.5, 0.6) is 0 Å². The maximum Gasteiger partial charge on any atom is 0.334 e. The van der Waals surface area contributed by atoms with Gasteiger partial charge >= 0.3 is 17.8 Å². The Balaban J connectivity index is 1.59. The highest BCUT2D eigenvalue weighted by Gasteiger charge is 2.45. The first-order valence-electron chi connectivity index (χ1n) is 11.2. The fourth-order valence-electron chi connectivity index (χ4n) is 5.56. The van der Waals surface area contributed by atoms with E-state index in [9.17, 15) is 19.5 Å². The number of piperidine rings is 1. The summed E-state index contributed by atoms with van der Waals surface area (Å²) in [6.45, 7) is 1.86. The Labute approximate surface area is 181 Å². The first-order valence-corrected chi connectivity index (χ1v) is 12.1. The number of fused-ring (bicyclic) bond motifs is 4. The van der Waals surface area contributed by atoms with Gasteiger partial charge < -0.3 is 21.1 Å². The number of primary amides is 1. The minimum Gasteiger partial charge on any atom is -0.478 e. The van der Waals surface area contributed by atoms with Crippen LogP contribution in [0.15, 0.2) is 21.7 Å². The summed E-state index contributed by atoms with van der Waals surface area (Å²) in [7, 11) is 0. The molecule has 3 aliphatic heterocycles. The molecule has 0 aromatic carbocycles. The zero-order valence-electron chi connectivity index (χ0n) is 17.3. The monoisotopic (exact) mass is 433 g/mol. The Hall–Kier alpha value is -1.96. The number of carbonyl (C=O) groups is 3. The minimum absolute atomic E-state index is 0.171. The van der Waals surface area contributed by atoms with Crippen molar-refractivity contribution in [2.75, 3.05) is 13.1 Å². The lowest BCUT2D eigenvalue weighted by Gasteiger charge is -2.42. The van der Waals surface area contributed by atoms with Gasteiger partial charge in [0.1, 0.15) is 5.37 Å². The summed E-state index contributed by atoms with van der Waals surface area (Å²) in [5.74, 6) is -2.06. The van der Waals surface area contributed by atoms with Gasteiger partial charge in [0, 0.05) is 29.6 Å². The van der Waals surface area contributed by atoms with E-state index in [-0.39, 0.29) is 11.5 Å². The minimum atomic E-state index is -1.09. The third-order valence-electron chi connectivity index (χ3n) is 6.97. The average Bonchev–Trinajstić information content (AvgIpc) is 3.11. The van der Waals surface area contributed by atoms with Crippen LogP contribution < -0.4 is 11.1 Å². The Morgan fingerprint density at radius 2 is 1.90 bits per heavy atom. The van der Waals surface area contributed by atoms with Crippen LogP contribution in [0.25, 0.3) is 0 Å². The number of nitrogens with two attached hydrogens (primary N) is 1. The summed E-state index contributed by atoms with van der Waals surface area (Å²) < 4.78 is 0. The fraction of sp³-hybridized carbons (Fsp3) is 0.682. The normalized spacial score (nSPS) is 26.6. The second-order valence-corrected chi connectivity index (χ2v) is 10.0. The summed E-state index contributed by atoms with van der Waals surface area (Å²) in [5.41, 5.74) is 7.42. The van der Waals surface area contributed by atoms with E-state index >= 15 is 0 Å². The van der Waals surface area contributed by atoms with Crippen LogP contribution in [0.1, 0.15) is 64.2 Å². The lowest BCUT2D eigenvalue weighted by atomic mass is 9.81. The molecule has 4 N–H and O–H groups in total. The van der Waals surface area contributed by atoms with Gasteiger partial charge in [0.25, 0.3) is 0 Å². The summed E-state index contributed by atoms with van der Waals surface area (Å²) in [6, 6.07) is 0. The van der Waals surface area contributed by atoms with Gasteiger partial charge in [0.05, 0.1) is 5.57 Å². The molecule has 8 heteroatoms. The molecule has 2 amide bonds. The molecule has 1 aliphatic carbocycles. The number of carboxylic acid groups (broad SMARTS) is 1. The van der Waals surface area contributed by atoms with E-state index in [0.717, 1.165) is 55.2 Å². The zero-order chi connectivity index (χ0) is 21.3. The van der Waals surface area contributed by atoms with Crippen molar-refractivity contribution in [2.45, 2.75) is 69.6 Å². The van der Waals surface area contributed by atoms with Crippen molar-refractivity contribution < 1.29 is 19.5 Å². The largest absolute Gasteiger partial charge is 0.478 e. The predicted molar refractivity (Wildman–Crippen MR) is 115 cm³/mol. The number of nitrogens with one attached hydrogen (secondary N) is 1. The first kappa shape index (κ1) is 21.3. The third-order valence-corrected chi connectivity index (χ3v) is 8.25. The van der Waals surface area contributed by atoms with E-state index in [4.69, 9.17) is 5.73 Å². The molecule has 1 saturated heterocycles. The van der Waals surface area contributed by atoms with Crippen molar-refractivity contribution in [1.29, 1.82) is 0 Å². The van der Waals surface area contributed by atoms with Crippen LogP contribution in [0, 0.1) is 11.8 Å². The number of hydrogen-bond acceptors (Lipinski definition) is 5. The Morgan fingerprint density at radius 3 is 2.60 bits per heavy atom. The molecule has 2 atom stereocenters. The van der Waals surface area contributed by atoms with Crippen LogP contribution in [-0.2, 0) is 14.4 Å². The van der Waals surface area contributed by atoms with Gasteiger partial charge in [0.15, 0.2) is 0 Å². The van der Waals surface area contributed by atoms with E-state index < -0.39 is 23.2 Å². The number of allylic oxidation sites excluding steroid dienone is 2. The number of nitrogens with zero attached hydrogens (tertiary/aromatic N) is 1. The molecule has 4 aliphatic rings. The molecule has 0 aromatic rings. The van der Waals surface area contributed by atoms with Gasteiger partial charge in [-0.1, -0.05) is 50.3 Å². The van der Waals surface area contributed by atoms with Gasteiger partial charge in [-0.3, -0.25) is 9.59 Å². The van der Waals surface area contributed by atoms with Crippen molar-refractivity contribution >= 4 is 29.5 Å². The summed E-state index contributed by atoms with van der Waals surface area (Å²) in [6.07, 6.45) is 12.0. The molecule has 0 radical (unpaired) electrons. The molecule has 4 rings (SSSR count). The highest BCUT2D eigenvalue weighted by atomic mass is 32.2. The molecule has 2 bridgehead atoms. The summed E-state index contributed by atoms with van der Waals surface area (Å²) >= 11 is 1.37. The lowest BCUT2D eigenvalue weighted by Crippen LogP contribution is -2.42. The van der Waals surface area contributed by atoms with Gasteiger partial charge in [-0.05, 0) is 37.2 Å². The summed E-state index contributed by atoms with van der Waals surface area (Å²) in [4.78, 5) is 38.7. The van der Waals surface area contributed by atoms with Crippen molar-refractivity contribution in [3.8, 4) is 0 Å². The van der Waals surface area contributed by atoms with Gasteiger partial charge in [-0.15, -0.1) is 0 Å². The van der Waals surface area contributed by atoms with E-state index in [1.54, 1.807) is 0 Å². The highest BCUT2D eigenvalue weighted by Crippen LogP contribution is 2.52. The van der Waals surface area contributed by atoms with Gasteiger partial charge in [-0.2, -0.15) is 0 Å². The van der Waals surface area contributed by atoms with Crippen LogP contribution in [0.2, 0.25) is 0 Å². The molecular formula is C22H31N3O4S. The SMILES string of the molecule is NC(=O)C(=O)NC1SC2=C(CCCC3CCCCC3)N3CCCC(C3)C2=C1C(=O)O. The maximum absolute atomic E-state index is 12.1. The topological polar surface area (TPSA) is 113 Å². The quantitative estimate of drug-likeness (QED) is 0.555. The van der Waals surface area contributed by atoms with Crippen molar-refractivity contribution in [2.24, 2.45) is 17.6 Å². The van der Waals surface area contributed by atoms with Crippen LogP contribution in [0.4, 0.5) is 0 Å². The molecule has 0 aromatic heterocycles. The van der Waals surface area contributed by atoms with Gasteiger partial charge in [-0.25, -0.2) is 4.79 Å². The molecular weight excluding hydrogens is 402 g/mol. The molecule has 30 heavy (non-hydrogen) atoms. The number of thioether (sulfide) groups is 1. The second-order valence-electron chi connectivity index (χ2n) is 8.93. The predicted octanol–water partition coefficient (Wildman–Crippen LogP) is 2.73. The van der Waals surface area contributed by atoms with E-state index in [1.807, 2.05) is 0 Å². The molecule has 2 unspecified atom stereocenters. The van der Waals surface area contributed by atoms with Crippen molar-refractivity contribution in [3.63, 3.8) is 0 Å². The summed E-state index contributed by atoms with van der Waals surface area (Å²) in [5, 5.41) is 11.7. The average molecular weight is 434 g/mol. The second kappa shape index (κ2) is 9.04. The van der Waals surface area contributed by atoms with E-state index in [0.29, 0.717) is 0 Å². The molecule has 1 saturated carbocycles. The van der Waals surface area contributed by atoms with E-state index in [1.165, 1.54) is 56.0 Å². The zero-order valence-corrected chi connectivity index (χ0v) is 18.1. The number of rotatable bonds is 6. The molecule has 2 fully saturated rings. The number of carboxylic acids is 1. The standard InChI is InChI=1S/C22H31N3O4S/c23-19(26)20(27)24-21-17(22(28)29)16-14-9-5-11-25(12-14)15(18(16)30-21)10-4-8-13-6-2-1-3-7-13/h13-14,21H,1-12H2,(H2,23,26)(H,24,27)(H,28,29).